The van der Waals surface area contributed by atoms with Gasteiger partial charge < -0.3 is 14.2 Å². The van der Waals surface area contributed by atoms with Gasteiger partial charge in [0.05, 0.1) is 13.5 Å². The monoisotopic (exact) mass is 320 g/mol. The fourth-order valence-corrected chi connectivity index (χ4v) is 2.73. The van der Waals surface area contributed by atoms with Crippen molar-refractivity contribution < 1.29 is 23.8 Å². The molecule has 2 rings (SSSR count). The molecule has 23 heavy (non-hydrogen) atoms. The molecule has 1 heterocycles. The van der Waals surface area contributed by atoms with Crippen molar-refractivity contribution in [1.82, 2.24) is 0 Å². The van der Waals surface area contributed by atoms with Crippen molar-refractivity contribution in [3.05, 3.63) is 35.9 Å². The highest BCUT2D eigenvalue weighted by Crippen LogP contribution is 2.46. The zero-order valence-electron chi connectivity index (χ0n) is 14.3. The smallest absolute Gasteiger partial charge is 0.345 e. The molecular weight excluding hydrogens is 296 g/mol. The fraction of sp³-hybridized carbons (Fsp3) is 0.556. The van der Waals surface area contributed by atoms with Gasteiger partial charge in [-0.1, -0.05) is 58.0 Å². The number of hydrogen-bond acceptors (Lipinski definition) is 5. The van der Waals surface area contributed by atoms with E-state index in [-0.39, 0.29) is 17.8 Å². The Hall–Kier alpha value is -1.88. The first-order valence-corrected chi connectivity index (χ1v) is 7.73. The van der Waals surface area contributed by atoms with Crippen LogP contribution in [-0.4, -0.2) is 25.3 Å². The van der Waals surface area contributed by atoms with Crippen molar-refractivity contribution in [3.63, 3.8) is 0 Å². The van der Waals surface area contributed by atoms with E-state index in [0.29, 0.717) is 5.56 Å². The lowest BCUT2D eigenvalue weighted by molar-refractivity contribution is -0.166. The highest BCUT2D eigenvalue weighted by Gasteiger charge is 2.58. The third-order valence-corrected chi connectivity index (χ3v) is 4.11. The summed E-state index contributed by atoms with van der Waals surface area (Å²) >= 11 is 0. The molecule has 0 amide bonds. The largest absolute Gasteiger partial charge is 0.469 e. The van der Waals surface area contributed by atoms with Crippen LogP contribution in [0.4, 0.5) is 0 Å². The maximum atomic E-state index is 12.8. The van der Waals surface area contributed by atoms with E-state index in [1.54, 1.807) is 6.92 Å². The molecule has 1 saturated heterocycles. The molecule has 1 aliphatic heterocycles. The summed E-state index contributed by atoms with van der Waals surface area (Å²) in [4.78, 5) is 24.5. The minimum Gasteiger partial charge on any atom is -0.469 e. The molecule has 0 saturated carbocycles. The zero-order chi connectivity index (χ0) is 17.3. The summed E-state index contributed by atoms with van der Waals surface area (Å²) in [6.45, 7) is 7.63. The number of ether oxygens (including phenoxy) is 3. The summed E-state index contributed by atoms with van der Waals surface area (Å²) in [6.07, 6.45) is -0.604. The van der Waals surface area contributed by atoms with Gasteiger partial charge in [0, 0.05) is 11.3 Å². The van der Waals surface area contributed by atoms with Gasteiger partial charge >= 0.3 is 11.9 Å². The number of hydrogen-bond donors (Lipinski definition) is 0. The van der Waals surface area contributed by atoms with Crippen molar-refractivity contribution in [2.45, 2.75) is 46.0 Å². The van der Waals surface area contributed by atoms with Crippen LogP contribution in [0.5, 0.6) is 0 Å². The fourth-order valence-electron chi connectivity index (χ4n) is 2.73. The maximum Gasteiger partial charge on any atom is 0.345 e. The van der Waals surface area contributed by atoms with Gasteiger partial charge in [-0.25, -0.2) is 4.79 Å². The van der Waals surface area contributed by atoms with Gasteiger partial charge in [-0.05, 0) is 5.56 Å². The molecule has 0 N–H and O–H groups in total. The van der Waals surface area contributed by atoms with E-state index in [2.05, 4.69) is 0 Å². The van der Waals surface area contributed by atoms with Gasteiger partial charge in [0.1, 0.15) is 0 Å². The minimum absolute atomic E-state index is 0.0668. The summed E-state index contributed by atoms with van der Waals surface area (Å²) < 4.78 is 16.4. The first kappa shape index (κ1) is 17.5. The summed E-state index contributed by atoms with van der Waals surface area (Å²) in [7, 11) is 1.33. The molecule has 1 aliphatic rings. The van der Waals surface area contributed by atoms with E-state index in [1.165, 1.54) is 7.11 Å². The Morgan fingerprint density at radius 2 is 1.91 bits per heavy atom. The highest BCUT2D eigenvalue weighted by molar-refractivity contribution is 5.84. The molecule has 1 aromatic rings. The third kappa shape index (κ3) is 3.24. The predicted octanol–water partition coefficient (Wildman–Crippen LogP) is 3.03. The normalized spacial score (nSPS) is 25.8. The summed E-state index contributed by atoms with van der Waals surface area (Å²) in [5, 5.41) is 0. The minimum atomic E-state index is -1.30. The number of rotatable bonds is 4. The van der Waals surface area contributed by atoms with Crippen molar-refractivity contribution >= 4 is 11.9 Å². The van der Waals surface area contributed by atoms with E-state index >= 15 is 0 Å². The average Bonchev–Trinajstić information content (AvgIpc) is 2.86. The lowest BCUT2D eigenvalue weighted by atomic mass is 9.80. The van der Waals surface area contributed by atoms with E-state index in [0.717, 1.165) is 0 Å². The Morgan fingerprint density at radius 3 is 2.39 bits per heavy atom. The van der Waals surface area contributed by atoms with Gasteiger partial charge in [-0.3, -0.25) is 4.79 Å². The molecule has 0 bridgehead atoms. The predicted molar refractivity (Wildman–Crippen MR) is 84.3 cm³/mol. The second-order valence-electron chi connectivity index (χ2n) is 7.00. The number of carbonyl (C=O) groups is 2. The number of carbonyl (C=O) groups excluding carboxylic acids is 2. The third-order valence-electron chi connectivity index (χ3n) is 4.11. The topological polar surface area (TPSA) is 61.8 Å². The standard InChI is InChI=1S/C18H24O5/c1-12(11-14(19)21-5)18(13-9-7-6-8-10-13)15(20)22-16(23-18)17(2,3)4/h6-10,12,16H,11H2,1-5H3/t12-,16+,18-/m0/s1. The first-order chi connectivity index (χ1) is 10.7. The van der Waals surface area contributed by atoms with Crippen LogP contribution in [0.2, 0.25) is 0 Å². The van der Waals surface area contributed by atoms with Crippen molar-refractivity contribution in [2.75, 3.05) is 7.11 Å². The van der Waals surface area contributed by atoms with Crippen LogP contribution in [0.25, 0.3) is 0 Å². The van der Waals surface area contributed by atoms with Crippen LogP contribution in [-0.2, 0) is 29.4 Å². The molecule has 5 nitrogen and oxygen atoms in total. The Labute approximate surface area is 136 Å². The van der Waals surface area contributed by atoms with E-state index in [9.17, 15) is 9.59 Å². The molecule has 1 aromatic carbocycles. The highest BCUT2D eigenvalue weighted by atomic mass is 16.8. The van der Waals surface area contributed by atoms with Crippen LogP contribution in [0.1, 0.15) is 39.7 Å². The molecular formula is C18H24O5. The molecule has 0 radical (unpaired) electrons. The second kappa shape index (κ2) is 6.32. The SMILES string of the molecule is COC(=O)C[C@H](C)[C@@]1(c2ccccc2)O[C@H](C(C)(C)C)OC1=O. The number of esters is 2. The quantitative estimate of drug-likeness (QED) is 0.798. The lowest BCUT2D eigenvalue weighted by Gasteiger charge is -2.32. The Morgan fingerprint density at radius 1 is 1.30 bits per heavy atom. The maximum absolute atomic E-state index is 12.8. The van der Waals surface area contributed by atoms with E-state index in [4.69, 9.17) is 14.2 Å². The Kier molecular flexibility index (Phi) is 4.80. The van der Waals surface area contributed by atoms with Crippen molar-refractivity contribution in [1.29, 1.82) is 0 Å². The van der Waals surface area contributed by atoms with Crippen LogP contribution >= 0.6 is 0 Å². The van der Waals surface area contributed by atoms with Crippen LogP contribution in [0, 0.1) is 11.3 Å². The first-order valence-electron chi connectivity index (χ1n) is 7.73. The summed E-state index contributed by atoms with van der Waals surface area (Å²) in [5.74, 6) is -1.26. The number of methoxy groups -OCH3 is 1. The Balaban J connectivity index is 2.45. The number of benzene rings is 1. The molecule has 1 fully saturated rings. The summed E-state index contributed by atoms with van der Waals surface area (Å²) in [5.41, 5.74) is -0.974. The van der Waals surface area contributed by atoms with Gasteiger partial charge in [0.2, 0.25) is 6.29 Å². The van der Waals surface area contributed by atoms with E-state index in [1.807, 2.05) is 51.1 Å². The van der Waals surface area contributed by atoms with Crippen LogP contribution in [0.15, 0.2) is 30.3 Å². The molecule has 5 heteroatoms. The van der Waals surface area contributed by atoms with Gasteiger partial charge in [-0.2, -0.15) is 0 Å². The average molecular weight is 320 g/mol. The molecule has 0 spiro atoms. The Bertz CT molecular complexity index is 575. The van der Waals surface area contributed by atoms with E-state index < -0.39 is 23.8 Å². The van der Waals surface area contributed by atoms with Crippen molar-refractivity contribution in [2.24, 2.45) is 11.3 Å². The molecule has 0 unspecified atom stereocenters. The molecule has 3 atom stereocenters. The van der Waals surface area contributed by atoms with Gasteiger partial charge in [0.15, 0.2) is 5.60 Å². The molecule has 0 aromatic heterocycles. The molecule has 126 valence electrons. The lowest BCUT2D eigenvalue weighted by Crippen LogP contribution is -2.42. The zero-order valence-corrected chi connectivity index (χ0v) is 14.3. The van der Waals surface area contributed by atoms with Crippen LogP contribution in [0.3, 0.4) is 0 Å². The van der Waals surface area contributed by atoms with Crippen LogP contribution < -0.4 is 0 Å². The summed E-state index contributed by atoms with van der Waals surface area (Å²) in [6, 6.07) is 9.18. The number of cyclic esters (lactones) is 1. The van der Waals surface area contributed by atoms with Gasteiger partial charge in [0.25, 0.3) is 0 Å². The van der Waals surface area contributed by atoms with Gasteiger partial charge in [-0.15, -0.1) is 0 Å². The second-order valence-corrected chi connectivity index (χ2v) is 7.00. The molecule has 0 aliphatic carbocycles. The van der Waals surface area contributed by atoms with Crippen molar-refractivity contribution in [3.8, 4) is 0 Å².